The molecule has 46 heavy (non-hydrogen) atoms. The Labute approximate surface area is 266 Å². The summed E-state index contributed by atoms with van der Waals surface area (Å²) in [5.74, 6) is -0.587. The quantitative estimate of drug-likeness (QED) is 0.225. The largest absolute Gasteiger partial charge is 0.479 e. The van der Waals surface area contributed by atoms with Crippen LogP contribution in [0.3, 0.4) is 0 Å². The Kier molecular flexibility index (Phi) is 7.81. The van der Waals surface area contributed by atoms with Crippen molar-refractivity contribution in [3.05, 3.63) is 112 Å². The molecule has 1 unspecified atom stereocenters. The Morgan fingerprint density at radius 1 is 0.870 bits per heavy atom. The second-order valence-electron chi connectivity index (χ2n) is 12.6. The third-order valence-corrected chi connectivity index (χ3v) is 7.86. The highest BCUT2D eigenvalue weighted by molar-refractivity contribution is 6.17. The molecule has 1 aliphatic carbocycles. The molecule has 2 aliphatic rings. The van der Waals surface area contributed by atoms with Gasteiger partial charge in [0.1, 0.15) is 16.9 Å². The van der Waals surface area contributed by atoms with E-state index in [1.54, 1.807) is 45.0 Å². The van der Waals surface area contributed by atoms with Crippen LogP contribution in [-0.4, -0.2) is 52.3 Å². The molecule has 3 N–H and O–H groups in total. The van der Waals surface area contributed by atoms with Crippen molar-refractivity contribution >= 4 is 35.2 Å². The van der Waals surface area contributed by atoms with Crippen molar-refractivity contribution in [3.8, 4) is 11.3 Å². The second-order valence-corrected chi connectivity index (χ2v) is 12.6. The van der Waals surface area contributed by atoms with E-state index in [1.165, 1.54) is 0 Å². The Balaban J connectivity index is 1.13. The molecule has 4 aromatic rings. The Morgan fingerprint density at radius 2 is 1.54 bits per heavy atom. The monoisotopic (exact) mass is 618 g/mol. The average molecular weight is 619 g/mol. The van der Waals surface area contributed by atoms with Crippen LogP contribution < -0.4 is 10.6 Å². The number of aliphatic imine (C=N–C) groups is 2. The topological polar surface area (TPSA) is 143 Å². The molecule has 1 atom stereocenters. The van der Waals surface area contributed by atoms with Crippen molar-refractivity contribution in [3.63, 3.8) is 0 Å². The molecule has 0 fully saturated rings. The predicted octanol–water partition coefficient (Wildman–Crippen LogP) is 6.20. The standard InChI is InChI=1S/C36H34N4O6/c1-21-5-7-23(8-6-21)29-15-16-30(45-29)32(41)40-36(33(42)43)18-25-10-9-24(17-26(25)19-36)31-37-20-28(39-31)22-11-13-27(14-12-22)38-34(44)46-35(2,3)4/h5-17H,18-20H2,1-4H3,(H,38,44)(H,40,41)(H,42,43). The number of ether oxygens (including phenoxy) is 1. The van der Waals surface area contributed by atoms with Crippen LogP contribution in [0.15, 0.2) is 93.3 Å². The van der Waals surface area contributed by atoms with Crippen molar-refractivity contribution in [1.29, 1.82) is 0 Å². The minimum Gasteiger partial charge on any atom is -0.479 e. The molecule has 0 saturated heterocycles. The lowest BCUT2D eigenvalue weighted by molar-refractivity contribution is -0.144. The first-order chi connectivity index (χ1) is 21.9. The fourth-order valence-electron chi connectivity index (χ4n) is 5.55. The first kappa shape index (κ1) is 30.5. The van der Waals surface area contributed by atoms with Crippen LogP contribution in [0.5, 0.6) is 0 Å². The number of anilines is 1. The Bertz CT molecular complexity index is 1900. The summed E-state index contributed by atoms with van der Waals surface area (Å²) in [6, 6.07) is 23.9. The van der Waals surface area contributed by atoms with Gasteiger partial charge in [-0.3, -0.25) is 15.1 Å². The van der Waals surface area contributed by atoms with Gasteiger partial charge in [0.05, 0.1) is 12.3 Å². The van der Waals surface area contributed by atoms with Gasteiger partial charge < -0.3 is 19.6 Å². The van der Waals surface area contributed by atoms with Crippen LogP contribution in [0.25, 0.3) is 11.3 Å². The lowest BCUT2D eigenvalue weighted by Gasteiger charge is -2.24. The van der Waals surface area contributed by atoms with E-state index in [-0.39, 0.29) is 18.6 Å². The molecule has 3 aromatic carbocycles. The number of furan rings is 1. The summed E-state index contributed by atoms with van der Waals surface area (Å²) in [6.45, 7) is 7.78. The lowest BCUT2D eigenvalue weighted by Crippen LogP contribution is -2.55. The third-order valence-electron chi connectivity index (χ3n) is 7.86. The zero-order valence-corrected chi connectivity index (χ0v) is 26.0. The number of nitrogens with one attached hydrogen (secondary N) is 2. The number of carboxylic acids is 1. The van der Waals surface area contributed by atoms with Crippen molar-refractivity contribution < 1.29 is 28.6 Å². The number of aryl methyl sites for hydroxylation is 1. The smallest absolute Gasteiger partial charge is 0.412 e. The summed E-state index contributed by atoms with van der Waals surface area (Å²) in [6.07, 6.45) is -0.279. The van der Waals surface area contributed by atoms with Gasteiger partial charge in [0.25, 0.3) is 5.91 Å². The molecule has 1 aromatic heterocycles. The van der Waals surface area contributed by atoms with Crippen LogP contribution in [-0.2, 0) is 22.4 Å². The third kappa shape index (κ3) is 6.46. The summed E-state index contributed by atoms with van der Waals surface area (Å²) in [5, 5.41) is 15.7. The van der Waals surface area contributed by atoms with E-state index in [2.05, 4.69) is 15.6 Å². The molecular weight excluding hydrogens is 584 g/mol. The number of carboxylic acid groups (broad SMARTS) is 1. The van der Waals surface area contributed by atoms with Crippen molar-refractivity contribution in [2.75, 3.05) is 11.9 Å². The van der Waals surface area contributed by atoms with Gasteiger partial charge >= 0.3 is 12.1 Å². The van der Waals surface area contributed by atoms with E-state index in [1.807, 2.05) is 61.5 Å². The second kappa shape index (κ2) is 11.8. The minimum absolute atomic E-state index is 0.0451. The number of carbonyl (C=O) groups excluding carboxylic acids is 2. The van der Waals surface area contributed by atoms with Gasteiger partial charge in [-0.2, -0.15) is 0 Å². The van der Waals surface area contributed by atoms with Gasteiger partial charge in [0.15, 0.2) is 11.6 Å². The summed E-state index contributed by atoms with van der Waals surface area (Å²) >= 11 is 0. The first-order valence-electron chi connectivity index (χ1n) is 14.9. The molecule has 0 bridgehead atoms. The number of hydrogen-bond donors (Lipinski definition) is 3. The van der Waals surface area contributed by atoms with E-state index < -0.39 is 29.1 Å². The molecule has 10 nitrogen and oxygen atoms in total. The van der Waals surface area contributed by atoms with Crippen LogP contribution in [0.1, 0.15) is 59.1 Å². The van der Waals surface area contributed by atoms with Crippen molar-refractivity contribution in [2.45, 2.75) is 51.7 Å². The summed E-state index contributed by atoms with van der Waals surface area (Å²) in [4.78, 5) is 47.2. The molecule has 10 heteroatoms. The highest BCUT2D eigenvalue weighted by atomic mass is 16.6. The number of aliphatic carboxylic acids is 1. The van der Waals surface area contributed by atoms with E-state index in [4.69, 9.17) is 14.1 Å². The summed E-state index contributed by atoms with van der Waals surface area (Å²) < 4.78 is 11.1. The molecule has 2 amide bonds. The summed E-state index contributed by atoms with van der Waals surface area (Å²) in [7, 11) is 0. The minimum atomic E-state index is -1.52. The van der Waals surface area contributed by atoms with Gasteiger partial charge in [-0.25, -0.2) is 14.6 Å². The molecule has 234 valence electrons. The Hall–Kier alpha value is -5.51. The van der Waals surface area contributed by atoms with Gasteiger partial charge in [-0.1, -0.05) is 54.1 Å². The first-order valence-corrected chi connectivity index (χ1v) is 14.9. The molecule has 0 saturated carbocycles. The van der Waals surface area contributed by atoms with Crippen molar-refractivity contribution in [1.82, 2.24) is 5.32 Å². The predicted molar refractivity (Wildman–Crippen MR) is 175 cm³/mol. The number of rotatable bonds is 7. The van der Waals surface area contributed by atoms with E-state index in [9.17, 15) is 19.5 Å². The maximum absolute atomic E-state index is 13.2. The fraction of sp³-hybridized carbons (Fsp3) is 0.250. The molecule has 1 aliphatic heterocycles. The normalized spacial score (nSPS) is 17.1. The number of benzene rings is 3. The van der Waals surface area contributed by atoms with E-state index in [0.717, 1.165) is 39.1 Å². The highest BCUT2D eigenvalue weighted by Gasteiger charge is 2.46. The van der Waals surface area contributed by atoms with Gasteiger partial charge in [-0.15, -0.1) is 0 Å². The Morgan fingerprint density at radius 3 is 2.24 bits per heavy atom. The fourth-order valence-corrected chi connectivity index (χ4v) is 5.55. The van der Waals surface area contributed by atoms with Gasteiger partial charge in [0.2, 0.25) is 0 Å². The lowest BCUT2D eigenvalue weighted by atomic mass is 9.95. The van der Waals surface area contributed by atoms with Crippen LogP contribution in [0.2, 0.25) is 0 Å². The zero-order chi connectivity index (χ0) is 32.6. The van der Waals surface area contributed by atoms with Crippen molar-refractivity contribution in [2.24, 2.45) is 9.98 Å². The summed E-state index contributed by atoms with van der Waals surface area (Å²) in [5.41, 5.74) is 4.47. The van der Waals surface area contributed by atoms with E-state index >= 15 is 0 Å². The SMILES string of the molecule is Cc1ccc(-c2ccc(C(=O)NC3(C(=O)O)Cc4ccc(C5=NCC(c6ccc(NC(=O)OC(C)(C)C)cc6)=N5)cc4C3)o2)cc1. The number of amides is 2. The maximum Gasteiger partial charge on any atom is 0.412 e. The number of nitrogens with zero attached hydrogens (tertiary/aromatic N) is 2. The average Bonchev–Trinajstić information content (AvgIpc) is 3.76. The molecular formula is C36H34N4O6. The van der Waals surface area contributed by atoms with Gasteiger partial charge in [0, 0.05) is 29.7 Å². The van der Waals surface area contributed by atoms with Crippen LogP contribution in [0, 0.1) is 6.92 Å². The number of hydrogen-bond acceptors (Lipinski definition) is 7. The molecule has 6 rings (SSSR count). The number of fused-ring (bicyclic) bond motifs is 1. The molecule has 0 radical (unpaired) electrons. The van der Waals surface area contributed by atoms with E-state index in [0.29, 0.717) is 23.8 Å². The molecule has 2 heterocycles. The highest BCUT2D eigenvalue weighted by Crippen LogP contribution is 2.33. The van der Waals surface area contributed by atoms with Gasteiger partial charge in [-0.05, 0) is 74.7 Å². The zero-order valence-electron chi connectivity index (χ0n) is 26.0. The number of amidine groups is 1. The van der Waals surface area contributed by atoms with Crippen LogP contribution in [0.4, 0.5) is 10.5 Å². The maximum atomic E-state index is 13.2. The van der Waals surface area contributed by atoms with Crippen LogP contribution >= 0.6 is 0 Å². The number of carbonyl (C=O) groups is 3. The molecule has 0 spiro atoms.